The van der Waals surface area contributed by atoms with Gasteiger partial charge in [0.25, 0.3) is 0 Å². The van der Waals surface area contributed by atoms with Crippen LogP contribution in [-0.2, 0) is 23.1 Å². The molecule has 0 aliphatic carbocycles. The molecule has 1 aliphatic heterocycles. The van der Waals surface area contributed by atoms with Gasteiger partial charge >= 0.3 is 0 Å². The number of carbonyl (C=O) groups is 1. The smallest absolute Gasteiger partial charge is 0.223 e. The topological polar surface area (TPSA) is 72.5 Å². The van der Waals surface area contributed by atoms with Crippen molar-refractivity contribution in [2.45, 2.75) is 25.4 Å². The summed E-state index contributed by atoms with van der Waals surface area (Å²) in [6.45, 7) is 3.05. The van der Waals surface area contributed by atoms with Gasteiger partial charge < -0.3 is 14.5 Å². The highest BCUT2D eigenvalue weighted by Gasteiger charge is 2.27. The third-order valence-corrected chi connectivity index (χ3v) is 4.78. The monoisotopic (exact) mass is 346 g/mol. The fraction of sp³-hybridized carbons (Fsp3) is 0.556. The molecule has 0 spiro atoms. The van der Waals surface area contributed by atoms with Crippen molar-refractivity contribution < 1.29 is 13.9 Å². The Morgan fingerprint density at radius 1 is 1.44 bits per heavy atom. The summed E-state index contributed by atoms with van der Waals surface area (Å²) in [5.74, 6) is 1.11. The Kier molecular flexibility index (Phi) is 5.88. The first-order valence-corrected chi connectivity index (χ1v) is 8.69. The largest absolute Gasteiger partial charge is 0.468 e. The van der Waals surface area contributed by atoms with Gasteiger partial charge in [-0.2, -0.15) is 5.10 Å². The first kappa shape index (κ1) is 17.7. The van der Waals surface area contributed by atoms with Crippen LogP contribution in [0.2, 0.25) is 0 Å². The van der Waals surface area contributed by atoms with Gasteiger partial charge in [-0.1, -0.05) is 0 Å². The quantitative estimate of drug-likeness (QED) is 0.827. The zero-order valence-electron chi connectivity index (χ0n) is 14.9. The Morgan fingerprint density at radius 3 is 2.84 bits per heavy atom. The maximum Gasteiger partial charge on any atom is 0.223 e. The number of aryl methyl sites for hydroxylation is 1. The molecular formula is C18H26N4O3. The lowest BCUT2D eigenvalue weighted by Gasteiger charge is -2.31. The first-order chi connectivity index (χ1) is 12.2. The molecule has 1 fully saturated rings. The van der Waals surface area contributed by atoms with Crippen molar-refractivity contribution in [1.29, 1.82) is 0 Å². The third-order valence-electron chi connectivity index (χ3n) is 4.78. The minimum absolute atomic E-state index is 0.0421. The van der Waals surface area contributed by atoms with E-state index in [-0.39, 0.29) is 17.9 Å². The molecule has 1 amide bonds. The highest BCUT2D eigenvalue weighted by atomic mass is 16.5. The second-order valence-corrected chi connectivity index (χ2v) is 6.53. The van der Waals surface area contributed by atoms with Crippen molar-refractivity contribution in [3.8, 4) is 0 Å². The van der Waals surface area contributed by atoms with Gasteiger partial charge in [-0.25, -0.2) is 0 Å². The number of amides is 1. The van der Waals surface area contributed by atoms with E-state index >= 15 is 0 Å². The van der Waals surface area contributed by atoms with Crippen molar-refractivity contribution in [2.24, 2.45) is 13.0 Å². The van der Waals surface area contributed by atoms with Gasteiger partial charge in [0.15, 0.2) is 0 Å². The zero-order chi connectivity index (χ0) is 17.6. The molecule has 3 rings (SSSR count). The second kappa shape index (κ2) is 8.31. The Hall–Kier alpha value is -2.12. The van der Waals surface area contributed by atoms with Crippen molar-refractivity contribution in [3.63, 3.8) is 0 Å². The van der Waals surface area contributed by atoms with E-state index in [4.69, 9.17) is 9.15 Å². The molecule has 0 aromatic carbocycles. The summed E-state index contributed by atoms with van der Waals surface area (Å²) in [4.78, 5) is 15.0. The maximum atomic E-state index is 12.7. The highest BCUT2D eigenvalue weighted by molar-refractivity contribution is 5.79. The molecule has 136 valence electrons. The number of carbonyl (C=O) groups excluding carboxylic acids is 1. The first-order valence-electron chi connectivity index (χ1n) is 8.69. The van der Waals surface area contributed by atoms with Gasteiger partial charge in [0.2, 0.25) is 5.91 Å². The Labute approximate surface area is 147 Å². The lowest BCUT2D eigenvalue weighted by molar-refractivity contribution is -0.127. The van der Waals surface area contributed by atoms with Crippen LogP contribution in [0.15, 0.2) is 35.1 Å². The number of likely N-dealkylation sites (tertiary alicyclic amines) is 1. The van der Waals surface area contributed by atoms with E-state index in [0.717, 1.165) is 43.9 Å². The number of hydrogen-bond acceptors (Lipinski definition) is 5. The fourth-order valence-corrected chi connectivity index (χ4v) is 3.36. The molecule has 3 heterocycles. The molecular weight excluding hydrogens is 320 g/mol. The summed E-state index contributed by atoms with van der Waals surface area (Å²) in [7, 11) is 3.51. The molecule has 0 radical (unpaired) electrons. The van der Waals surface area contributed by atoms with Crippen LogP contribution in [0.4, 0.5) is 0 Å². The number of nitrogens with zero attached hydrogens (tertiary/aromatic N) is 3. The Morgan fingerprint density at radius 2 is 2.24 bits per heavy atom. The number of rotatable bonds is 7. The summed E-state index contributed by atoms with van der Waals surface area (Å²) < 4.78 is 12.4. The van der Waals surface area contributed by atoms with Gasteiger partial charge in [0, 0.05) is 26.3 Å². The van der Waals surface area contributed by atoms with Crippen LogP contribution >= 0.6 is 0 Å². The van der Waals surface area contributed by atoms with E-state index in [0.29, 0.717) is 6.61 Å². The van der Waals surface area contributed by atoms with Gasteiger partial charge in [-0.15, -0.1) is 0 Å². The normalized spacial score (nSPS) is 17.5. The van der Waals surface area contributed by atoms with Gasteiger partial charge in [0.1, 0.15) is 5.76 Å². The zero-order valence-corrected chi connectivity index (χ0v) is 14.9. The lowest BCUT2D eigenvalue weighted by atomic mass is 9.95. The molecule has 0 unspecified atom stereocenters. The molecule has 7 nitrogen and oxygen atoms in total. The SMILES string of the molecule is COC[C@@H](NC(=O)C1CCN(Cc2ccco2)CC1)c1ccnn1C. The van der Waals surface area contributed by atoms with Crippen molar-refractivity contribution in [2.75, 3.05) is 26.8 Å². The van der Waals surface area contributed by atoms with E-state index in [2.05, 4.69) is 15.3 Å². The minimum Gasteiger partial charge on any atom is -0.468 e. The Balaban J connectivity index is 1.52. The molecule has 2 aromatic heterocycles. The van der Waals surface area contributed by atoms with Gasteiger partial charge in [0.05, 0.1) is 31.2 Å². The number of nitrogens with one attached hydrogen (secondary N) is 1. The maximum absolute atomic E-state index is 12.7. The summed E-state index contributed by atoms with van der Waals surface area (Å²) in [5, 5.41) is 7.31. The molecule has 0 saturated carbocycles. The molecule has 1 aliphatic rings. The molecule has 2 aromatic rings. The minimum atomic E-state index is -0.175. The summed E-state index contributed by atoms with van der Waals surface area (Å²) in [6, 6.07) is 5.63. The number of hydrogen-bond donors (Lipinski definition) is 1. The molecule has 1 saturated heterocycles. The fourth-order valence-electron chi connectivity index (χ4n) is 3.36. The van der Waals surface area contributed by atoms with Crippen LogP contribution < -0.4 is 5.32 Å². The highest BCUT2D eigenvalue weighted by Crippen LogP contribution is 2.21. The average molecular weight is 346 g/mol. The number of piperidine rings is 1. The molecule has 1 atom stereocenters. The second-order valence-electron chi connectivity index (χ2n) is 6.53. The molecule has 25 heavy (non-hydrogen) atoms. The van der Waals surface area contributed by atoms with Gasteiger partial charge in [-0.05, 0) is 44.1 Å². The summed E-state index contributed by atoms with van der Waals surface area (Å²) >= 11 is 0. The predicted octanol–water partition coefficient (Wildman–Crippen LogP) is 1.73. The molecule has 1 N–H and O–H groups in total. The third kappa shape index (κ3) is 4.49. The predicted molar refractivity (Wildman–Crippen MR) is 92.7 cm³/mol. The number of aromatic nitrogens is 2. The molecule has 0 bridgehead atoms. The lowest BCUT2D eigenvalue weighted by Crippen LogP contribution is -2.42. The Bertz CT molecular complexity index is 660. The average Bonchev–Trinajstić information content (AvgIpc) is 3.26. The number of methoxy groups -OCH3 is 1. The van der Waals surface area contributed by atoms with Crippen LogP contribution in [0.3, 0.4) is 0 Å². The van der Waals surface area contributed by atoms with E-state index in [1.165, 1.54) is 0 Å². The van der Waals surface area contributed by atoms with Crippen LogP contribution in [0, 0.1) is 5.92 Å². The number of ether oxygens (including phenoxy) is 1. The van der Waals surface area contributed by atoms with Crippen molar-refractivity contribution in [3.05, 3.63) is 42.1 Å². The van der Waals surface area contributed by atoms with Crippen LogP contribution in [0.25, 0.3) is 0 Å². The van der Waals surface area contributed by atoms with Crippen molar-refractivity contribution in [1.82, 2.24) is 20.0 Å². The number of furan rings is 1. The van der Waals surface area contributed by atoms with Crippen LogP contribution in [-0.4, -0.2) is 47.4 Å². The van der Waals surface area contributed by atoms with E-state index in [1.807, 2.05) is 25.2 Å². The van der Waals surface area contributed by atoms with E-state index < -0.39 is 0 Å². The van der Waals surface area contributed by atoms with E-state index in [9.17, 15) is 4.79 Å². The summed E-state index contributed by atoms with van der Waals surface area (Å²) in [6.07, 6.45) is 5.15. The van der Waals surface area contributed by atoms with Crippen molar-refractivity contribution >= 4 is 5.91 Å². The van der Waals surface area contributed by atoms with Crippen LogP contribution in [0.5, 0.6) is 0 Å². The summed E-state index contributed by atoms with van der Waals surface area (Å²) in [5.41, 5.74) is 0.949. The van der Waals surface area contributed by atoms with E-state index in [1.54, 1.807) is 24.3 Å². The van der Waals surface area contributed by atoms with Crippen LogP contribution in [0.1, 0.15) is 30.3 Å². The standard InChI is InChI=1S/C18H26N4O3/c1-21-17(5-8-19-21)16(13-24-2)20-18(23)14-6-9-22(10-7-14)12-15-4-3-11-25-15/h3-5,8,11,14,16H,6-7,9-10,12-13H2,1-2H3,(H,20,23)/t16-/m1/s1. The molecule has 7 heteroatoms. The van der Waals surface area contributed by atoms with Gasteiger partial charge in [-0.3, -0.25) is 14.4 Å².